The number of rotatable bonds is 5. The van der Waals surface area contributed by atoms with E-state index in [0.717, 1.165) is 41.7 Å². The van der Waals surface area contributed by atoms with E-state index in [-0.39, 0.29) is 23.8 Å². The summed E-state index contributed by atoms with van der Waals surface area (Å²) < 4.78 is 21.2. The molecule has 2 aromatic rings. The first-order valence-electron chi connectivity index (χ1n) is 13.1. The lowest BCUT2D eigenvalue weighted by atomic mass is 9.90. The van der Waals surface area contributed by atoms with E-state index in [0.29, 0.717) is 19.0 Å². The van der Waals surface area contributed by atoms with Crippen LogP contribution in [0.25, 0.3) is 11.0 Å². The molecule has 0 spiro atoms. The van der Waals surface area contributed by atoms with Gasteiger partial charge in [0.15, 0.2) is 6.29 Å². The molecule has 0 bridgehead atoms. The van der Waals surface area contributed by atoms with Crippen molar-refractivity contribution in [1.82, 2.24) is 20.2 Å². The first-order chi connectivity index (χ1) is 17.0. The van der Waals surface area contributed by atoms with Crippen molar-refractivity contribution in [3.8, 4) is 5.75 Å². The maximum Gasteiger partial charge on any atom is 0.220 e. The number of ether oxygens (including phenoxy) is 3. The Balaban J connectivity index is 0.000000391. The lowest BCUT2D eigenvalue weighted by Gasteiger charge is -2.30. The van der Waals surface area contributed by atoms with E-state index < -0.39 is 17.5 Å². The molecule has 1 aromatic carbocycles. The van der Waals surface area contributed by atoms with Crippen LogP contribution < -0.4 is 15.4 Å². The zero-order chi connectivity index (χ0) is 25.7. The second-order valence-corrected chi connectivity index (χ2v) is 11.4. The molecule has 1 aliphatic carbocycles. The van der Waals surface area contributed by atoms with Crippen molar-refractivity contribution in [3.63, 3.8) is 0 Å². The first kappa shape index (κ1) is 25.0. The minimum Gasteiger partial charge on any atom is -0.488 e. The summed E-state index contributed by atoms with van der Waals surface area (Å²) in [7, 11) is 0. The van der Waals surface area contributed by atoms with Gasteiger partial charge in [0, 0.05) is 43.5 Å². The Morgan fingerprint density at radius 3 is 2.33 bits per heavy atom. The molecule has 4 fully saturated rings. The molecule has 4 heterocycles. The average molecular weight is 499 g/mol. The van der Waals surface area contributed by atoms with Gasteiger partial charge in [0.1, 0.15) is 17.4 Å². The number of imidazole rings is 1. The van der Waals surface area contributed by atoms with Gasteiger partial charge in [0.2, 0.25) is 11.8 Å². The molecule has 0 radical (unpaired) electrons. The summed E-state index contributed by atoms with van der Waals surface area (Å²) in [5.74, 6) is 1.24. The van der Waals surface area contributed by atoms with Gasteiger partial charge in [-0.25, -0.2) is 4.98 Å². The molecule has 2 atom stereocenters. The zero-order valence-electron chi connectivity index (χ0n) is 21.9. The molecule has 9 nitrogen and oxygen atoms in total. The summed E-state index contributed by atoms with van der Waals surface area (Å²) in [6, 6.07) is 4.57. The fourth-order valence-corrected chi connectivity index (χ4v) is 4.81. The number of carbonyl (C=O) groups is 2. The van der Waals surface area contributed by atoms with Gasteiger partial charge in [0.05, 0.1) is 23.0 Å². The Kier molecular flexibility index (Phi) is 6.49. The fourth-order valence-electron chi connectivity index (χ4n) is 4.81. The van der Waals surface area contributed by atoms with Crippen molar-refractivity contribution in [1.29, 1.82) is 0 Å². The van der Waals surface area contributed by atoms with Gasteiger partial charge in [-0.15, -0.1) is 0 Å². The van der Waals surface area contributed by atoms with Crippen LogP contribution in [0.2, 0.25) is 0 Å². The van der Waals surface area contributed by atoms with E-state index in [9.17, 15) is 9.59 Å². The molecular weight excluding hydrogens is 460 g/mol. The van der Waals surface area contributed by atoms with Crippen molar-refractivity contribution < 1.29 is 23.8 Å². The van der Waals surface area contributed by atoms with Gasteiger partial charge in [-0.1, -0.05) is 0 Å². The van der Waals surface area contributed by atoms with E-state index in [1.165, 1.54) is 12.8 Å². The summed E-state index contributed by atoms with van der Waals surface area (Å²) in [5.41, 5.74) is 1.98. The van der Waals surface area contributed by atoms with Crippen molar-refractivity contribution in [2.24, 2.45) is 5.92 Å². The smallest absolute Gasteiger partial charge is 0.220 e. The maximum absolute atomic E-state index is 11.7. The number of nitrogens with zero attached hydrogens (tertiary/aromatic N) is 2. The highest BCUT2D eigenvalue weighted by Crippen LogP contribution is 2.47. The van der Waals surface area contributed by atoms with E-state index in [4.69, 9.17) is 14.2 Å². The van der Waals surface area contributed by atoms with Crippen LogP contribution >= 0.6 is 0 Å². The van der Waals surface area contributed by atoms with Gasteiger partial charge in [-0.05, 0) is 66.0 Å². The SMILES string of the molecule is C[C@@H](Oc1cc(C2OC(C)(C)C(C)(C)O2)cc2ncn(C3CC3)c12)[C@H]1CNC(=O)C1.O=C1CCCN1. The van der Waals surface area contributed by atoms with Crippen LogP contribution in [-0.2, 0) is 19.1 Å². The molecule has 196 valence electrons. The summed E-state index contributed by atoms with van der Waals surface area (Å²) in [6.45, 7) is 11.8. The monoisotopic (exact) mass is 498 g/mol. The minimum absolute atomic E-state index is 0.0922. The molecule has 4 aliphatic rings. The van der Waals surface area contributed by atoms with Crippen LogP contribution in [0.1, 0.15) is 84.6 Å². The molecule has 3 aliphatic heterocycles. The standard InChI is InChI=1S/C23H31N3O4.C4H7NO/c1-13(15-10-19(27)24-11-15)28-18-9-14(21-29-22(2,3)23(4,5)30-21)8-17-20(18)26(12-25-17)16-6-7-16;6-4-2-1-3-5-4/h8-9,12-13,15-16,21H,6-7,10-11H2,1-5H3,(H,24,27);1-3H2,(H,5,6)/t13-,15-;/m1./s1. The van der Waals surface area contributed by atoms with Crippen molar-refractivity contribution in [2.45, 2.75) is 96.4 Å². The normalized spacial score (nSPS) is 25.9. The highest BCUT2D eigenvalue weighted by Gasteiger charge is 2.49. The van der Waals surface area contributed by atoms with Crippen LogP contribution in [0.4, 0.5) is 0 Å². The zero-order valence-corrected chi connectivity index (χ0v) is 21.9. The van der Waals surface area contributed by atoms with E-state index in [2.05, 4.69) is 53.9 Å². The van der Waals surface area contributed by atoms with E-state index in [1.807, 2.05) is 19.3 Å². The molecular formula is C27H38N4O5. The summed E-state index contributed by atoms with van der Waals surface area (Å²) in [4.78, 5) is 26.5. The summed E-state index contributed by atoms with van der Waals surface area (Å²) in [6.07, 6.45) is 5.94. The van der Waals surface area contributed by atoms with Crippen molar-refractivity contribution >= 4 is 22.8 Å². The molecule has 6 rings (SSSR count). The maximum atomic E-state index is 11.7. The third-order valence-electron chi connectivity index (χ3n) is 8.01. The fraction of sp³-hybridized carbons (Fsp3) is 0.667. The molecule has 3 saturated heterocycles. The number of carbonyl (C=O) groups excluding carboxylic acids is 2. The lowest BCUT2D eigenvalue weighted by molar-refractivity contribution is -0.120. The Morgan fingerprint density at radius 1 is 1.08 bits per heavy atom. The Bertz CT molecular complexity index is 1130. The van der Waals surface area contributed by atoms with Crippen LogP contribution in [0.15, 0.2) is 18.5 Å². The number of amides is 2. The molecule has 1 aromatic heterocycles. The third kappa shape index (κ3) is 4.95. The Labute approximate surface area is 212 Å². The summed E-state index contributed by atoms with van der Waals surface area (Å²) in [5, 5.41) is 5.59. The average Bonchev–Trinajstić information content (AvgIpc) is 3.12. The van der Waals surface area contributed by atoms with Gasteiger partial charge in [-0.3, -0.25) is 9.59 Å². The van der Waals surface area contributed by atoms with E-state index >= 15 is 0 Å². The number of benzene rings is 1. The minimum atomic E-state index is -0.474. The predicted molar refractivity (Wildman–Crippen MR) is 135 cm³/mol. The number of nitrogens with one attached hydrogen (secondary N) is 2. The Hall–Kier alpha value is -2.65. The van der Waals surface area contributed by atoms with Crippen LogP contribution in [0.3, 0.4) is 0 Å². The number of hydrogen-bond acceptors (Lipinski definition) is 6. The first-order valence-corrected chi connectivity index (χ1v) is 13.1. The van der Waals surface area contributed by atoms with E-state index in [1.54, 1.807) is 0 Å². The number of fused-ring (bicyclic) bond motifs is 1. The highest BCUT2D eigenvalue weighted by molar-refractivity contribution is 5.83. The Morgan fingerprint density at radius 2 is 1.81 bits per heavy atom. The van der Waals surface area contributed by atoms with Gasteiger partial charge in [-0.2, -0.15) is 0 Å². The quantitative estimate of drug-likeness (QED) is 0.650. The van der Waals surface area contributed by atoms with Gasteiger partial charge < -0.3 is 29.4 Å². The van der Waals surface area contributed by atoms with Crippen LogP contribution in [0, 0.1) is 5.92 Å². The van der Waals surface area contributed by atoms with Crippen LogP contribution in [-0.4, -0.2) is 51.8 Å². The summed E-state index contributed by atoms with van der Waals surface area (Å²) >= 11 is 0. The lowest BCUT2D eigenvalue weighted by Crippen LogP contribution is -2.41. The second-order valence-electron chi connectivity index (χ2n) is 11.4. The number of aromatic nitrogens is 2. The third-order valence-corrected chi connectivity index (χ3v) is 8.01. The number of hydrogen-bond donors (Lipinski definition) is 2. The van der Waals surface area contributed by atoms with Crippen LogP contribution in [0.5, 0.6) is 5.75 Å². The molecule has 2 N–H and O–H groups in total. The molecule has 36 heavy (non-hydrogen) atoms. The van der Waals surface area contributed by atoms with Crippen molar-refractivity contribution in [3.05, 3.63) is 24.0 Å². The van der Waals surface area contributed by atoms with Gasteiger partial charge >= 0.3 is 0 Å². The second kappa shape index (κ2) is 9.34. The van der Waals surface area contributed by atoms with Gasteiger partial charge in [0.25, 0.3) is 0 Å². The van der Waals surface area contributed by atoms with Crippen molar-refractivity contribution in [2.75, 3.05) is 13.1 Å². The largest absolute Gasteiger partial charge is 0.488 e. The molecule has 2 amide bonds. The topological polar surface area (TPSA) is 104 Å². The predicted octanol–water partition coefficient (Wildman–Crippen LogP) is 3.77. The highest BCUT2D eigenvalue weighted by atomic mass is 16.7. The molecule has 1 saturated carbocycles. The molecule has 0 unspecified atom stereocenters. The molecule has 9 heteroatoms.